The second-order valence-corrected chi connectivity index (χ2v) is 2.60. The first-order valence-corrected chi connectivity index (χ1v) is 3.91. The molecule has 0 aromatic carbocycles. The van der Waals surface area contributed by atoms with Gasteiger partial charge in [-0.15, -0.1) is 0 Å². The summed E-state index contributed by atoms with van der Waals surface area (Å²) in [4.78, 5) is 11.1. The minimum absolute atomic E-state index is 0.0146. The van der Waals surface area contributed by atoms with Gasteiger partial charge in [0.05, 0.1) is 5.92 Å². The molecule has 0 N–H and O–H groups in total. The van der Waals surface area contributed by atoms with Gasteiger partial charge < -0.3 is 10.1 Å². The third-order valence-corrected chi connectivity index (χ3v) is 1.67. The lowest BCUT2D eigenvalue weighted by molar-refractivity contribution is -0.151. The summed E-state index contributed by atoms with van der Waals surface area (Å²) in [5.74, 6) is -0.176. The van der Waals surface area contributed by atoms with Crippen molar-refractivity contribution in [3.05, 3.63) is 5.32 Å². The summed E-state index contributed by atoms with van der Waals surface area (Å²) < 4.78 is 4.95. The lowest BCUT2D eigenvalue weighted by Gasteiger charge is -2.24. The maximum absolute atomic E-state index is 11.1. The Morgan fingerprint density at radius 3 is 2.45 bits per heavy atom. The molecule has 11 heavy (non-hydrogen) atoms. The molecule has 0 saturated carbocycles. The van der Waals surface area contributed by atoms with Crippen LogP contribution in [0.4, 0.5) is 0 Å². The van der Waals surface area contributed by atoms with Crippen molar-refractivity contribution >= 4 is 5.97 Å². The zero-order valence-corrected chi connectivity index (χ0v) is 7.63. The van der Waals surface area contributed by atoms with Gasteiger partial charge in [0, 0.05) is 6.23 Å². The van der Waals surface area contributed by atoms with Crippen molar-refractivity contribution in [3.8, 4) is 0 Å². The number of rotatable bonds is 4. The maximum atomic E-state index is 11.1. The Morgan fingerprint density at radius 1 is 1.55 bits per heavy atom. The Balaban J connectivity index is 3.68. The van der Waals surface area contributed by atoms with Gasteiger partial charge in [-0.25, -0.2) is 0 Å². The molecule has 0 aliphatic heterocycles. The predicted octanol–water partition coefficient (Wildman–Crippen LogP) is 1.93. The minimum Gasteiger partial charge on any atom is -0.629 e. The van der Waals surface area contributed by atoms with Crippen molar-refractivity contribution in [3.63, 3.8) is 0 Å². The van der Waals surface area contributed by atoms with Gasteiger partial charge in [0.15, 0.2) is 0 Å². The first-order chi connectivity index (χ1) is 5.11. The lowest BCUT2D eigenvalue weighted by atomic mass is 10.1. The molecule has 0 saturated heterocycles. The van der Waals surface area contributed by atoms with E-state index < -0.39 is 0 Å². The number of carbonyl (C=O) groups is 1. The fourth-order valence-electron chi connectivity index (χ4n) is 0.504. The highest BCUT2D eigenvalue weighted by atomic mass is 16.6. The Morgan fingerprint density at radius 2 is 2.09 bits per heavy atom. The van der Waals surface area contributed by atoms with E-state index in [2.05, 4.69) is 5.32 Å². The molecule has 0 aliphatic rings. The average Bonchev–Trinajstić information content (AvgIpc) is 2.02. The molecule has 0 heterocycles. The normalized spacial score (nSPS) is 15.6. The van der Waals surface area contributed by atoms with Gasteiger partial charge >= 0.3 is 5.97 Å². The third-order valence-electron chi connectivity index (χ3n) is 1.67. The molecular formula is C8H16NO2-. The van der Waals surface area contributed by atoms with Crippen molar-refractivity contribution in [2.75, 3.05) is 7.05 Å². The molecule has 2 atom stereocenters. The number of hydrogen-bond acceptors (Lipinski definition) is 2. The van der Waals surface area contributed by atoms with E-state index in [1.165, 1.54) is 0 Å². The van der Waals surface area contributed by atoms with Gasteiger partial charge in [0.1, 0.15) is 0 Å². The SMILES string of the molecule is CCC(C)C(=O)OC(C)[N-]C. The van der Waals surface area contributed by atoms with Crippen molar-refractivity contribution in [2.24, 2.45) is 5.92 Å². The van der Waals surface area contributed by atoms with Crippen LogP contribution in [0.15, 0.2) is 0 Å². The van der Waals surface area contributed by atoms with Gasteiger partial charge in [-0.1, -0.05) is 13.8 Å². The monoisotopic (exact) mass is 158 g/mol. The highest BCUT2D eigenvalue weighted by molar-refractivity contribution is 5.72. The van der Waals surface area contributed by atoms with E-state index >= 15 is 0 Å². The van der Waals surface area contributed by atoms with E-state index in [0.29, 0.717) is 0 Å². The summed E-state index contributed by atoms with van der Waals surface area (Å²) >= 11 is 0. The largest absolute Gasteiger partial charge is 0.629 e. The highest BCUT2D eigenvalue weighted by Gasteiger charge is 2.11. The molecule has 0 amide bonds. The molecular weight excluding hydrogens is 142 g/mol. The van der Waals surface area contributed by atoms with E-state index in [1.54, 1.807) is 14.0 Å². The molecule has 3 nitrogen and oxygen atoms in total. The molecule has 2 unspecified atom stereocenters. The molecule has 0 bridgehead atoms. The standard InChI is InChI=1S/C8H16NO2/c1-5-6(2)8(10)11-7(3)9-4/h6-7H,5H2,1-4H3/q-1. The predicted molar refractivity (Wildman–Crippen MR) is 44.3 cm³/mol. The Kier molecular flexibility index (Phi) is 4.86. The van der Waals surface area contributed by atoms with Crippen LogP contribution in [0.5, 0.6) is 0 Å². The molecule has 0 rings (SSSR count). The lowest BCUT2D eigenvalue weighted by Crippen LogP contribution is -2.19. The quantitative estimate of drug-likeness (QED) is 0.586. The second-order valence-electron chi connectivity index (χ2n) is 2.60. The van der Waals surface area contributed by atoms with E-state index in [0.717, 1.165) is 6.42 Å². The van der Waals surface area contributed by atoms with E-state index in [1.807, 2.05) is 13.8 Å². The average molecular weight is 158 g/mol. The Bertz CT molecular complexity index is 125. The van der Waals surface area contributed by atoms with Gasteiger partial charge in [-0.2, -0.15) is 7.05 Å². The topological polar surface area (TPSA) is 40.4 Å². The van der Waals surface area contributed by atoms with Gasteiger partial charge in [0.2, 0.25) is 0 Å². The van der Waals surface area contributed by atoms with Crippen LogP contribution >= 0.6 is 0 Å². The highest BCUT2D eigenvalue weighted by Crippen LogP contribution is 2.07. The number of carbonyl (C=O) groups excluding carboxylic acids is 1. The van der Waals surface area contributed by atoms with Gasteiger partial charge in [-0.3, -0.25) is 4.79 Å². The van der Waals surface area contributed by atoms with Crippen LogP contribution in [-0.4, -0.2) is 19.2 Å². The zero-order chi connectivity index (χ0) is 8.85. The first-order valence-electron chi connectivity index (χ1n) is 3.91. The van der Waals surface area contributed by atoms with Crippen molar-refractivity contribution < 1.29 is 9.53 Å². The van der Waals surface area contributed by atoms with Crippen LogP contribution < -0.4 is 0 Å². The fourth-order valence-corrected chi connectivity index (χ4v) is 0.504. The summed E-state index contributed by atoms with van der Waals surface area (Å²) in [6.45, 7) is 5.56. The number of nitrogens with zero attached hydrogens (tertiary/aromatic N) is 1. The Labute approximate surface area is 68.1 Å². The van der Waals surface area contributed by atoms with Crippen LogP contribution in [-0.2, 0) is 9.53 Å². The fraction of sp³-hybridized carbons (Fsp3) is 0.875. The van der Waals surface area contributed by atoms with Gasteiger partial charge in [-0.05, 0) is 13.3 Å². The second kappa shape index (κ2) is 5.13. The van der Waals surface area contributed by atoms with Crippen molar-refractivity contribution in [1.29, 1.82) is 0 Å². The molecule has 0 aliphatic carbocycles. The smallest absolute Gasteiger partial charge is 0.307 e. The van der Waals surface area contributed by atoms with Crippen LogP contribution in [0.2, 0.25) is 0 Å². The molecule has 0 spiro atoms. The number of esters is 1. The van der Waals surface area contributed by atoms with Gasteiger partial charge in [0.25, 0.3) is 0 Å². The molecule has 0 fully saturated rings. The summed E-state index contributed by atoms with van der Waals surface area (Å²) in [6.07, 6.45) is 0.506. The Hall–Kier alpha value is -0.570. The summed E-state index contributed by atoms with van der Waals surface area (Å²) in [6, 6.07) is 0. The minimum atomic E-state index is -0.309. The first kappa shape index (κ1) is 10.4. The maximum Gasteiger partial charge on any atom is 0.307 e. The molecule has 66 valence electrons. The van der Waals surface area contributed by atoms with Crippen LogP contribution in [0.1, 0.15) is 27.2 Å². The van der Waals surface area contributed by atoms with Crippen LogP contribution in [0.3, 0.4) is 0 Å². The van der Waals surface area contributed by atoms with E-state index in [9.17, 15) is 4.79 Å². The number of ether oxygens (including phenoxy) is 1. The summed E-state index contributed by atoms with van der Waals surface area (Å²) in [5, 5.41) is 3.80. The van der Waals surface area contributed by atoms with E-state index in [-0.39, 0.29) is 18.1 Å². The number of hydrogen-bond donors (Lipinski definition) is 0. The molecule has 0 aromatic heterocycles. The molecule has 0 aromatic rings. The van der Waals surface area contributed by atoms with Crippen molar-refractivity contribution in [2.45, 2.75) is 33.4 Å². The summed E-state index contributed by atoms with van der Waals surface area (Å²) in [5.41, 5.74) is 0. The molecule has 0 radical (unpaired) electrons. The molecule has 3 heteroatoms. The van der Waals surface area contributed by atoms with E-state index in [4.69, 9.17) is 4.74 Å². The van der Waals surface area contributed by atoms with Crippen LogP contribution in [0, 0.1) is 5.92 Å². The van der Waals surface area contributed by atoms with Crippen LogP contribution in [0.25, 0.3) is 5.32 Å². The zero-order valence-electron chi connectivity index (χ0n) is 7.63. The third kappa shape index (κ3) is 3.98. The summed E-state index contributed by atoms with van der Waals surface area (Å²) in [7, 11) is 1.63. The van der Waals surface area contributed by atoms with Crippen molar-refractivity contribution in [1.82, 2.24) is 0 Å².